The maximum Gasteiger partial charge on any atom is 0.141 e. The van der Waals surface area contributed by atoms with Crippen LogP contribution in [-0.2, 0) is 7.05 Å². The van der Waals surface area contributed by atoms with Crippen LogP contribution in [0.4, 0.5) is 4.39 Å². The number of fused-ring (bicyclic) bond motifs is 1. The molecule has 0 bridgehead atoms. The molecule has 0 saturated heterocycles. The summed E-state index contributed by atoms with van der Waals surface area (Å²) in [5.41, 5.74) is 3.28. The number of imidazole rings is 1. The molecule has 0 atom stereocenters. The number of aromatic nitrogens is 4. The van der Waals surface area contributed by atoms with Gasteiger partial charge in [-0.15, -0.1) is 0 Å². The Balaban J connectivity index is 2.21. The van der Waals surface area contributed by atoms with Crippen LogP contribution >= 0.6 is 0 Å². The number of aromatic amines is 1. The predicted molar refractivity (Wildman–Crippen MR) is 63.0 cm³/mol. The molecule has 0 amide bonds. The third-order valence-electron chi connectivity index (χ3n) is 2.71. The van der Waals surface area contributed by atoms with Gasteiger partial charge in [0.25, 0.3) is 0 Å². The van der Waals surface area contributed by atoms with E-state index in [-0.39, 0.29) is 5.82 Å². The standard InChI is InChI=1S/C12H11FN4/c1-7-9(6-17(2)16-7)12-14-10-4-3-8(13)5-11(10)15-12/h3-6H,1-2H3,(H,14,15). The molecule has 17 heavy (non-hydrogen) atoms. The van der Waals surface area contributed by atoms with E-state index in [1.807, 2.05) is 20.2 Å². The molecule has 5 heteroatoms. The summed E-state index contributed by atoms with van der Waals surface area (Å²) in [6.45, 7) is 1.92. The van der Waals surface area contributed by atoms with Gasteiger partial charge in [0.1, 0.15) is 11.6 Å². The molecule has 1 aromatic carbocycles. The number of aryl methyl sites for hydroxylation is 2. The molecule has 3 aromatic rings. The van der Waals surface area contributed by atoms with Crippen LogP contribution < -0.4 is 0 Å². The molecular formula is C12H11FN4. The molecule has 3 rings (SSSR count). The van der Waals surface area contributed by atoms with Gasteiger partial charge in [-0.25, -0.2) is 9.37 Å². The Morgan fingerprint density at radius 3 is 2.88 bits per heavy atom. The summed E-state index contributed by atoms with van der Waals surface area (Å²) in [6, 6.07) is 4.51. The van der Waals surface area contributed by atoms with Crippen LogP contribution in [0.5, 0.6) is 0 Å². The highest BCUT2D eigenvalue weighted by Gasteiger charge is 2.10. The van der Waals surface area contributed by atoms with Gasteiger partial charge in [0.05, 0.1) is 22.3 Å². The van der Waals surface area contributed by atoms with E-state index in [1.54, 1.807) is 10.7 Å². The minimum atomic E-state index is -0.268. The summed E-state index contributed by atoms with van der Waals surface area (Å²) in [6.07, 6.45) is 1.89. The monoisotopic (exact) mass is 230 g/mol. The molecule has 4 nitrogen and oxygen atoms in total. The highest BCUT2D eigenvalue weighted by molar-refractivity contribution is 5.79. The second kappa shape index (κ2) is 3.41. The number of nitrogens with one attached hydrogen (secondary N) is 1. The normalized spacial score (nSPS) is 11.2. The SMILES string of the molecule is Cc1nn(C)cc1-c1nc2ccc(F)cc2[nH]1. The Bertz CT molecular complexity index is 696. The summed E-state index contributed by atoms with van der Waals surface area (Å²) < 4.78 is 14.8. The lowest BCUT2D eigenvalue weighted by molar-refractivity contribution is 0.629. The second-order valence-corrected chi connectivity index (χ2v) is 4.05. The maximum atomic E-state index is 13.1. The Labute approximate surface area is 97.1 Å². The molecule has 0 aliphatic carbocycles. The first-order chi connectivity index (χ1) is 8.13. The summed E-state index contributed by atoms with van der Waals surface area (Å²) in [5, 5.41) is 4.26. The van der Waals surface area contributed by atoms with E-state index < -0.39 is 0 Å². The molecule has 2 heterocycles. The topological polar surface area (TPSA) is 46.5 Å². The largest absolute Gasteiger partial charge is 0.338 e. The van der Waals surface area contributed by atoms with Crippen molar-refractivity contribution in [1.29, 1.82) is 0 Å². The zero-order valence-corrected chi connectivity index (χ0v) is 9.53. The predicted octanol–water partition coefficient (Wildman–Crippen LogP) is 2.41. The van der Waals surface area contributed by atoms with E-state index in [2.05, 4.69) is 15.1 Å². The highest BCUT2D eigenvalue weighted by atomic mass is 19.1. The summed E-state index contributed by atoms with van der Waals surface area (Å²) in [4.78, 5) is 7.53. The fourth-order valence-corrected chi connectivity index (χ4v) is 1.94. The maximum absolute atomic E-state index is 13.1. The van der Waals surface area contributed by atoms with Crippen molar-refractivity contribution >= 4 is 11.0 Å². The van der Waals surface area contributed by atoms with Gasteiger partial charge >= 0.3 is 0 Å². The van der Waals surface area contributed by atoms with E-state index in [0.29, 0.717) is 5.52 Å². The molecular weight excluding hydrogens is 219 g/mol. The zero-order valence-electron chi connectivity index (χ0n) is 9.53. The Kier molecular flexibility index (Phi) is 2.01. The molecule has 0 unspecified atom stereocenters. The molecule has 86 valence electrons. The van der Waals surface area contributed by atoms with Gasteiger partial charge in [0.15, 0.2) is 0 Å². The van der Waals surface area contributed by atoms with Gasteiger partial charge in [-0.05, 0) is 25.1 Å². The number of benzene rings is 1. The number of nitrogens with zero attached hydrogens (tertiary/aromatic N) is 3. The van der Waals surface area contributed by atoms with E-state index in [4.69, 9.17) is 0 Å². The minimum Gasteiger partial charge on any atom is -0.338 e. The Morgan fingerprint density at radius 1 is 1.35 bits per heavy atom. The first kappa shape index (κ1) is 10.0. The molecule has 0 saturated carbocycles. The molecule has 0 spiro atoms. The van der Waals surface area contributed by atoms with Gasteiger partial charge in [0.2, 0.25) is 0 Å². The smallest absolute Gasteiger partial charge is 0.141 e. The van der Waals surface area contributed by atoms with Gasteiger partial charge in [0, 0.05) is 13.2 Å². The van der Waals surface area contributed by atoms with Crippen LogP contribution in [0.15, 0.2) is 24.4 Å². The lowest BCUT2D eigenvalue weighted by Crippen LogP contribution is -1.86. The number of hydrogen-bond acceptors (Lipinski definition) is 2. The van der Waals surface area contributed by atoms with Crippen LogP contribution in [0.2, 0.25) is 0 Å². The van der Waals surface area contributed by atoms with Crippen molar-refractivity contribution < 1.29 is 4.39 Å². The average molecular weight is 230 g/mol. The van der Waals surface area contributed by atoms with Crippen molar-refractivity contribution in [3.8, 4) is 11.4 Å². The first-order valence-electron chi connectivity index (χ1n) is 5.29. The number of H-pyrrole nitrogens is 1. The fourth-order valence-electron chi connectivity index (χ4n) is 1.94. The quantitative estimate of drug-likeness (QED) is 0.697. The molecule has 2 aromatic heterocycles. The van der Waals surface area contributed by atoms with Crippen LogP contribution in [0.3, 0.4) is 0 Å². The second-order valence-electron chi connectivity index (χ2n) is 4.05. The fraction of sp³-hybridized carbons (Fsp3) is 0.167. The Morgan fingerprint density at radius 2 is 2.18 bits per heavy atom. The lowest BCUT2D eigenvalue weighted by Gasteiger charge is -1.90. The van der Waals surface area contributed by atoms with Crippen molar-refractivity contribution in [1.82, 2.24) is 19.7 Å². The van der Waals surface area contributed by atoms with Gasteiger partial charge in [-0.2, -0.15) is 5.10 Å². The lowest BCUT2D eigenvalue weighted by atomic mass is 10.2. The molecule has 0 radical (unpaired) electrons. The third-order valence-corrected chi connectivity index (χ3v) is 2.71. The number of halogens is 1. The summed E-state index contributed by atoms with van der Waals surface area (Å²) >= 11 is 0. The van der Waals surface area contributed by atoms with Crippen molar-refractivity contribution in [2.45, 2.75) is 6.92 Å². The molecule has 0 aliphatic heterocycles. The van der Waals surface area contributed by atoms with E-state index in [1.165, 1.54) is 12.1 Å². The Hall–Kier alpha value is -2.17. The summed E-state index contributed by atoms with van der Waals surface area (Å²) in [7, 11) is 1.86. The van der Waals surface area contributed by atoms with Gasteiger partial charge < -0.3 is 4.98 Å². The van der Waals surface area contributed by atoms with Crippen molar-refractivity contribution in [2.75, 3.05) is 0 Å². The third kappa shape index (κ3) is 1.60. The van der Waals surface area contributed by atoms with Crippen LogP contribution in [0, 0.1) is 12.7 Å². The molecule has 0 fully saturated rings. The molecule has 0 aliphatic rings. The van der Waals surface area contributed by atoms with Crippen molar-refractivity contribution in [2.24, 2.45) is 7.05 Å². The number of hydrogen-bond donors (Lipinski definition) is 1. The first-order valence-corrected chi connectivity index (χ1v) is 5.29. The molecule has 1 N–H and O–H groups in total. The summed E-state index contributed by atoms with van der Waals surface area (Å²) in [5.74, 6) is 0.451. The van der Waals surface area contributed by atoms with Crippen LogP contribution in [0.25, 0.3) is 22.4 Å². The van der Waals surface area contributed by atoms with Gasteiger partial charge in [-0.1, -0.05) is 0 Å². The van der Waals surface area contributed by atoms with Crippen LogP contribution in [-0.4, -0.2) is 19.7 Å². The minimum absolute atomic E-state index is 0.268. The van der Waals surface area contributed by atoms with E-state index >= 15 is 0 Å². The van der Waals surface area contributed by atoms with E-state index in [0.717, 1.165) is 22.6 Å². The highest BCUT2D eigenvalue weighted by Crippen LogP contribution is 2.22. The van der Waals surface area contributed by atoms with Crippen molar-refractivity contribution in [3.05, 3.63) is 35.9 Å². The van der Waals surface area contributed by atoms with Gasteiger partial charge in [-0.3, -0.25) is 4.68 Å². The average Bonchev–Trinajstić information content (AvgIpc) is 2.80. The van der Waals surface area contributed by atoms with E-state index in [9.17, 15) is 4.39 Å². The van der Waals surface area contributed by atoms with Crippen molar-refractivity contribution in [3.63, 3.8) is 0 Å². The number of rotatable bonds is 1. The zero-order chi connectivity index (χ0) is 12.0. The van der Waals surface area contributed by atoms with Crippen LogP contribution in [0.1, 0.15) is 5.69 Å².